The molecular weight excluding hydrogens is 320 g/mol. The van der Waals surface area contributed by atoms with Crippen LogP contribution in [0.5, 0.6) is 0 Å². The van der Waals surface area contributed by atoms with Gasteiger partial charge in [0, 0.05) is 37.9 Å². The van der Waals surface area contributed by atoms with Crippen LogP contribution in [0.1, 0.15) is 23.3 Å². The number of para-hydroxylation sites is 1. The number of hydrogen-bond acceptors (Lipinski definition) is 5. The first-order chi connectivity index (χ1) is 12.1. The van der Waals surface area contributed by atoms with Gasteiger partial charge in [-0.1, -0.05) is 18.2 Å². The van der Waals surface area contributed by atoms with Gasteiger partial charge in [-0.25, -0.2) is 4.98 Å². The van der Waals surface area contributed by atoms with Crippen molar-refractivity contribution in [3.8, 4) is 0 Å². The van der Waals surface area contributed by atoms with E-state index in [0.29, 0.717) is 6.54 Å². The van der Waals surface area contributed by atoms with E-state index in [1.54, 1.807) is 0 Å². The van der Waals surface area contributed by atoms with E-state index in [9.17, 15) is 14.9 Å². The molecule has 1 saturated heterocycles. The Morgan fingerprint density at radius 3 is 2.72 bits per heavy atom. The summed E-state index contributed by atoms with van der Waals surface area (Å²) in [5.41, 5.74) is 1.24. The monoisotopic (exact) mass is 340 g/mol. The van der Waals surface area contributed by atoms with E-state index in [4.69, 9.17) is 0 Å². The van der Waals surface area contributed by atoms with Gasteiger partial charge in [-0.2, -0.15) is 0 Å². The minimum Gasteiger partial charge on any atom is -0.373 e. The number of nitro groups is 1. The van der Waals surface area contributed by atoms with Crippen LogP contribution in [0.2, 0.25) is 0 Å². The van der Waals surface area contributed by atoms with E-state index >= 15 is 0 Å². The van der Waals surface area contributed by atoms with Crippen molar-refractivity contribution >= 4 is 17.3 Å². The lowest BCUT2D eigenvalue weighted by atomic mass is 10.2. The van der Waals surface area contributed by atoms with Gasteiger partial charge >= 0.3 is 0 Å². The first-order valence-corrected chi connectivity index (χ1v) is 8.24. The van der Waals surface area contributed by atoms with Crippen molar-refractivity contribution in [3.05, 3.63) is 64.5 Å². The fourth-order valence-electron chi connectivity index (χ4n) is 3.16. The number of rotatable bonds is 5. The molecule has 2 aromatic rings. The smallest absolute Gasteiger partial charge is 0.287 e. The van der Waals surface area contributed by atoms with E-state index in [1.807, 2.05) is 42.3 Å². The van der Waals surface area contributed by atoms with Crippen molar-refractivity contribution in [1.82, 2.24) is 9.88 Å². The Kier molecular flexibility index (Phi) is 4.92. The highest BCUT2D eigenvalue weighted by molar-refractivity contribution is 5.92. The average Bonchev–Trinajstić information content (AvgIpc) is 3.10. The summed E-state index contributed by atoms with van der Waals surface area (Å²) in [6.07, 6.45) is 3.02. The van der Waals surface area contributed by atoms with Crippen LogP contribution in [0.15, 0.2) is 48.7 Å². The number of nitrogens with zero attached hydrogens (tertiary/aromatic N) is 4. The number of carbonyl (C=O) groups is 1. The number of amides is 1. The quantitative estimate of drug-likeness (QED) is 0.617. The zero-order chi connectivity index (χ0) is 17.8. The van der Waals surface area contributed by atoms with Crippen LogP contribution in [0.25, 0.3) is 0 Å². The predicted octanol–water partition coefficient (Wildman–Crippen LogP) is 2.73. The van der Waals surface area contributed by atoms with Crippen LogP contribution in [0.3, 0.4) is 0 Å². The zero-order valence-corrected chi connectivity index (χ0v) is 14.0. The molecule has 0 radical (unpaired) electrons. The summed E-state index contributed by atoms with van der Waals surface area (Å²) in [7, 11) is 2.01. The summed E-state index contributed by atoms with van der Waals surface area (Å²) in [5.74, 6) is -0.168. The van der Waals surface area contributed by atoms with E-state index in [0.717, 1.165) is 31.3 Å². The third-order valence-corrected chi connectivity index (χ3v) is 4.50. The second-order valence-corrected chi connectivity index (χ2v) is 6.17. The Bertz CT molecular complexity index is 749. The second kappa shape index (κ2) is 7.29. The molecule has 1 unspecified atom stereocenters. The number of benzene rings is 1. The second-order valence-electron chi connectivity index (χ2n) is 6.17. The van der Waals surface area contributed by atoms with Gasteiger partial charge in [-0.15, -0.1) is 0 Å². The Balaban J connectivity index is 1.70. The van der Waals surface area contributed by atoms with Gasteiger partial charge in [-0.05, 0) is 31.0 Å². The molecule has 1 aromatic carbocycles. The van der Waals surface area contributed by atoms with Crippen molar-refractivity contribution in [1.29, 1.82) is 0 Å². The van der Waals surface area contributed by atoms with Gasteiger partial charge in [0.25, 0.3) is 11.6 Å². The predicted molar refractivity (Wildman–Crippen MR) is 94.7 cm³/mol. The number of hydrogen-bond donors (Lipinski definition) is 0. The SMILES string of the molecule is CN(CC1CCCN1C(=O)c1ccc([N+](=O)[O-])cn1)c1ccccc1. The summed E-state index contributed by atoms with van der Waals surface area (Å²) in [6.45, 7) is 1.42. The highest BCUT2D eigenvalue weighted by Crippen LogP contribution is 2.23. The molecule has 130 valence electrons. The first kappa shape index (κ1) is 16.9. The molecule has 1 aliphatic rings. The highest BCUT2D eigenvalue weighted by atomic mass is 16.6. The molecule has 1 amide bonds. The van der Waals surface area contributed by atoms with Crippen LogP contribution < -0.4 is 4.90 Å². The average molecular weight is 340 g/mol. The molecule has 0 bridgehead atoms. The maximum atomic E-state index is 12.7. The highest BCUT2D eigenvalue weighted by Gasteiger charge is 2.31. The number of carbonyl (C=O) groups excluding carboxylic acids is 1. The van der Waals surface area contributed by atoms with Gasteiger partial charge in [0.1, 0.15) is 11.9 Å². The molecule has 1 aromatic heterocycles. The zero-order valence-electron chi connectivity index (χ0n) is 14.0. The minimum atomic E-state index is -0.519. The van der Waals surface area contributed by atoms with Gasteiger partial charge in [0.2, 0.25) is 0 Å². The first-order valence-electron chi connectivity index (χ1n) is 8.24. The number of likely N-dealkylation sites (tertiary alicyclic amines) is 1. The van der Waals surface area contributed by atoms with Gasteiger partial charge in [0.05, 0.1) is 4.92 Å². The van der Waals surface area contributed by atoms with Gasteiger partial charge in [-0.3, -0.25) is 14.9 Å². The van der Waals surface area contributed by atoms with E-state index in [-0.39, 0.29) is 23.3 Å². The molecule has 0 aliphatic carbocycles. The standard InChI is InChI=1S/C18H20N4O3/c1-20(14-6-3-2-4-7-14)13-16-8-5-11-21(16)18(23)17-10-9-15(12-19-17)22(24)25/h2-4,6-7,9-10,12,16H,5,8,11,13H2,1H3. The lowest BCUT2D eigenvalue weighted by Crippen LogP contribution is -2.42. The largest absolute Gasteiger partial charge is 0.373 e. The summed E-state index contributed by atoms with van der Waals surface area (Å²) < 4.78 is 0. The summed E-state index contributed by atoms with van der Waals surface area (Å²) in [4.78, 5) is 30.9. The fraction of sp³-hybridized carbons (Fsp3) is 0.333. The maximum Gasteiger partial charge on any atom is 0.287 e. The van der Waals surface area contributed by atoms with Crippen molar-refractivity contribution in [2.75, 3.05) is 25.0 Å². The van der Waals surface area contributed by atoms with Gasteiger partial charge in [0.15, 0.2) is 0 Å². The Labute approximate surface area is 146 Å². The number of aromatic nitrogens is 1. The molecule has 25 heavy (non-hydrogen) atoms. The van der Waals surface area contributed by atoms with Gasteiger partial charge < -0.3 is 9.80 Å². The molecule has 7 heteroatoms. The van der Waals surface area contributed by atoms with E-state index in [2.05, 4.69) is 9.88 Å². The van der Waals surface area contributed by atoms with Crippen LogP contribution in [-0.4, -0.2) is 46.9 Å². The maximum absolute atomic E-state index is 12.7. The molecular formula is C18H20N4O3. The number of likely N-dealkylation sites (N-methyl/N-ethyl adjacent to an activating group) is 1. The third kappa shape index (κ3) is 3.76. The van der Waals surface area contributed by atoms with Crippen molar-refractivity contribution in [2.24, 2.45) is 0 Å². The van der Waals surface area contributed by atoms with Crippen LogP contribution >= 0.6 is 0 Å². The van der Waals surface area contributed by atoms with Crippen LogP contribution in [0, 0.1) is 10.1 Å². The molecule has 3 rings (SSSR count). The summed E-state index contributed by atoms with van der Waals surface area (Å²) in [6, 6.07) is 12.9. The van der Waals surface area contributed by atoms with E-state index < -0.39 is 4.92 Å². The fourth-order valence-corrected chi connectivity index (χ4v) is 3.16. The van der Waals surface area contributed by atoms with Crippen molar-refractivity contribution < 1.29 is 9.72 Å². The lowest BCUT2D eigenvalue weighted by molar-refractivity contribution is -0.385. The molecule has 0 saturated carbocycles. The summed E-state index contributed by atoms with van der Waals surface area (Å²) >= 11 is 0. The van der Waals surface area contributed by atoms with E-state index in [1.165, 1.54) is 12.1 Å². The molecule has 1 aliphatic heterocycles. The van der Waals surface area contributed by atoms with Crippen molar-refractivity contribution in [3.63, 3.8) is 0 Å². The Morgan fingerprint density at radius 1 is 1.32 bits per heavy atom. The lowest BCUT2D eigenvalue weighted by Gasteiger charge is -2.29. The topological polar surface area (TPSA) is 79.6 Å². The molecule has 0 N–H and O–H groups in total. The normalized spacial score (nSPS) is 16.7. The molecule has 1 atom stereocenters. The minimum absolute atomic E-state index is 0.106. The molecule has 0 spiro atoms. The molecule has 2 heterocycles. The third-order valence-electron chi connectivity index (χ3n) is 4.50. The number of pyridine rings is 1. The van der Waals surface area contributed by atoms with Crippen LogP contribution in [-0.2, 0) is 0 Å². The van der Waals surface area contributed by atoms with Crippen molar-refractivity contribution in [2.45, 2.75) is 18.9 Å². The Hall–Kier alpha value is -2.96. The summed E-state index contributed by atoms with van der Waals surface area (Å²) in [5, 5.41) is 10.7. The molecule has 1 fully saturated rings. The number of anilines is 1. The Morgan fingerprint density at radius 2 is 2.08 bits per heavy atom. The van der Waals surface area contributed by atoms with Crippen LogP contribution in [0.4, 0.5) is 11.4 Å². The molecule has 7 nitrogen and oxygen atoms in total.